The summed E-state index contributed by atoms with van der Waals surface area (Å²) in [6.45, 7) is 2.25. The van der Waals surface area contributed by atoms with Crippen molar-refractivity contribution in [3.05, 3.63) is 120 Å². The van der Waals surface area contributed by atoms with Gasteiger partial charge in [-0.1, -0.05) is 109 Å². The number of benzene rings is 4. The highest BCUT2D eigenvalue weighted by Gasteiger charge is 2.04. The SMILES string of the molecule is CCOC(=O)Cc1ccc(-c2ccccc2)cc1.O=C(O)Cc1ccc(-c2ccccc2)cc1. The second kappa shape index (κ2) is 12.8. The largest absolute Gasteiger partial charge is 0.481 e. The number of aliphatic carboxylic acids is 1. The lowest BCUT2D eigenvalue weighted by molar-refractivity contribution is -0.142. The second-order valence-electron chi connectivity index (χ2n) is 7.68. The summed E-state index contributed by atoms with van der Waals surface area (Å²) in [5.41, 5.74) is 6.39. The maximum Gasteiger partial charge on any atom is 0.310 e. The fourth-order valence-electron chi connectivity index (χ4n) is 3.44. The Labute approximate surface area is 200 Å². The van der Waals surface area contributed by atoms with Gasteiger partial charge in [-0.3, -0.25) is 9.59 Å². The van der Waals surface area contributed by atoms with Gasteiger partial charge in [0.05, 0.1) is 19.4 Å². The van der Waals surface area contributed by atoms with E-state index in [1.807, 2.05) is 104 Å². The molecule has 4 nitrogen and oxygen atoms in total. The van der Waals surface area contributed by atoms with E-state index in [-0.39, 0.29) is 12.4 Å². The van der Waals surface area contributed by atoms with Crippen LogP contribution in [0.2, 0.25) is 0 Å². The van der Waals surface area contributed by atoms with E-state index in [2.05, 4.69) is 12.1 Å². The Morgan fingerprint density at radius 3 is 1.35 bits per heavy atom. The number of carboxylic acid groups (broad SMARTS) is 1. The predicted octanol–water partition coefficient (Wildman–Crippen LogP) is 6.44. The quantitative estimate of drug-likeness (QED) is 0.328. The lowest BCUT2D eigenvalue weighted by Gasteiger charge is -2.04. The monoisotopic (exact) mass is 452 g/mol. The number of carbonyl (C=O) groups excluding carboxylic acids is 1. The lowest BCUT2D eigenvalue weighted by atomic mass is 10.0. The summed E-state index contributed by atoms with van der Waals surface area (Å²) in [7, 11) is 0. The maximum atomic E-state index is 11.3. The number of esters is 1. The number of hydrogen-bond acceptors (Lipinski definition) is 3. The zero-order chi connectivity index (χ0) is 24.2. The van der Waals surface area contributed by atoms with Crippen molar-refractivity contribution < 1.29 is 19.4 Å². The van der Waals surface area contributed by atoms with Crippen LogP contribution in [0.3, 0.4) is 0 Å². The van der Waals surface area contributed by atoms with Crippen molar-refractivity contribution in [2.45, 2.75) is 19.8 Å². The van der Waals surface area contributed by atoms with Gasteiger partial charge >= 0.3 is 11.9 Å². The second-order valence-corrected chi connectivity index (χ2v) is 7.68. The van der Waals surface area contributed by atoms with Crippen LogP contribution < -0.4 is 0 Å². The summed E-state index contributed by atoms with van der Waals surface area (Å²) in [6, 6.07) is 35.8. The highest BCUT2D eigenvalue weighted by atomic mass is 16.5. The number of carboxylic acids is 1. The third kappa shape index (κ3) is 7.75. The molecule has 1 N–H and O–H groups in total. The number of rotatable bonds is 7. The van der Waals surface area contributed by atoms with Gasteiger partial charge in [0, 0.05) is 0 Å². The summed E-state index contributed by atoms with van der Waals surface area (Å²) in [6.07, 6.45) is 0.415. The molecule has 0 saturated heterocycles. The Bertz CT molecular complexity index is 1170. The van der Waals surface area contributed by atoms with E-state index in [0.29, 0.717) is 13.0 Å². The van der Waals surface area contributed by atoms with Crippen LogP contribution in [0.15, 0.2) is 109 Å². The summed E-state index contributed by atoms with van der Waals surface area (Å²) in [5, 5.41) is 8.65. The van der Waals surface area contributed by atoms with Crippen molar-refractivity contribution in [3.63, 3.8) is 0 Å². The van der Waals surface area contributed by atoms with Crippen LogP contribution in [0.4, 0.5) is 0 Å². The van der Waals surface area contributed by atoms with Crippen molar-refractivity contribution in [2.75, 3.05) is 6.61 Å². The van der Waals surface area contributed by atoms with Gasteiger partial charge in [-0.2, -0.15) is 0 Å². The minimum atomic E-state index is -0.799. The molecule has 0 saturated carbocycles. The van der Waals surface area contributed by atoms with Crippen LogP contribution in [0.25, 0.3) is 22.3 Å². The first-order valence-corrected chi connectivity index (χ1v) is 11.2. The first kappa shape index (κ1) is 24.5. The van der Waals surface area contributed by atoms with Crippen molar-refractivity contribution >= 4 is 11.9 Å². The predicted molar refractivity (Wildman–Crippen MR) is 135 cm³/mol. The zero-order valence-corrected chi connectivity index (χ0v) is 19.2. The van der Waals surface area contributed by atoms with Gasteiger partial charge in [-0.25, -0.2) is 0 Å². The molecule has 0 amide bonds. The fraction of sp³-hybridized carbons (Fsp3) is 0.133. The van der Waals surface area contributed by atoms with E-state index in [4.69, 9.17) is 9.84 Å². The first-order chi connectivity index (χ1) is 16.5. The smallest absolute Gasteiger partial charge is 0.310 e. The van der Waals surface area contributed by atoms with Gasteiger partial charge in [0.25, 0.3) is 0 Å². The molecule has 4 rings (SSSR count). The van der Waals surface area contributed by atoms with E-state index >= 15 is 0 Å². The van der Waals surface area contributed by atoms with Gasteiger partial charge in [0.15, 0.2) is 0 Å². The molecule has 0 radical (unpaired) electrons. The molecule has 172 valence electrons. The molecule has 0 fully saturated rings. The highest BCUT2D eigenvalue weighted by Crippen LogP contribution is 2.20. The lowest BCUT2D eigenvalue weighted by Crippen LogP contribution is -2.07. The molecule has 0 unspecified atom stereocenters. The molecule has 4 aromatic rings. The van der Waals surface area contributed by atoms with Gasteiger partial charge in [-0.05, 0) is 40.3 Å². The van der Waals surface area contributed by atoms with Gasteiger partial charge in [0.2, 0.25) is 0 Å². The molecule has 0 aliphatic rings. The number of hydrogen-bond donors (Lipinski definition) is 1. The molecular formula is C30H28O4. The fourth-order valence-corrected chi connectivity index (χ4v) is 3.44. The summed E-state index contributed by atoms with van der Waals surface area (Å²) in [4.78, 5) is 21.9. The average molecular weight is 453 g/mol. The minimum Gasteiger partial charge on any atom is -0.481 e. The zero-order valence-electron chi connectivity index (χ0n) is 19.2. The normalized spacial score (nSPS) is 10.0. The van der Waals surface area contributed by atoms with Crippen molar-refractivity contribution in [1.29, 1.82) is 0 Å². The average Bonchev–Trinajstić information content (AvgIpc) is 2.86. The Balaban J connectivity index is 0.000000192. The number of ether oxygens (including phenoxy) is 1. The molecule has 0 atom stereocenters. The standard InChI is InChI=1S/C16H16O2.C14H12O2/c1-2-18-16(17)12-13-8-10-15(11-9-13)14-6-4-3-5-7-14;15-14(16)10-11-6-8-13(9-7-11)12-4-2-1-3-5-12/h3-11H,2,12H2,1H3;1-9H,10H2,(H,15,16). The maximum absolute atomic E-state index is 11.3. The van der Waals surface area contributed by atoms with E-state index in [1.54, 1.807) is 0 Å². The molecule has 0 spiro atoms. The van der Waals surface area contributed by atoms with E-state index in [1.165, 1.54) is 5.56 Å². The van der Waals surface area contributed by atoms with Crippen LogP contribution in [0.5, 0.6) is 0 Å². The van der Waals surface area contributed by atoms with Crippen LogP contribution in [0, 0.1) is 0 Å². The summed E-state index contributed by atoms with van der Waals surface area (Å²) >= 11 is 0. The molecule has 34 heavy (non-hydrogen) atoms. The Morgan fingerprint density at radius 1 is 0.588 bits per heavy atom. The van der Waals surface area contributed by atoms with Crippen molar-refractivity contribution in [2.24, 2.45) is 0 Å². The molecule has 4 heteroatoms. The third-order valence-corrected chi connectivity index (χ3v) is 5.13. The van der Waals surface area contributed by atoms with Crippen molar-refractivity contribution in [1.82, 2.24) is 0 Å². The van der Waals surface area contributed by atoms with Crippen LogP contribution in [-0.2, 0) is 27.2 Å². The minimum absolute atomic E-state index is 0.0784. The molecule has 0 aliphatic carbocycles. The highest BCUT2D eigenvalue weighted by molar-refractivity contribution is 5.73. The molecule has 0 aromatic heterocycles. The Morgan fingerprint density at radius 2 is 0.971 bits per heavy atom. The third-order valence-electron chi connectivity index (χ3n) is 5.13. The molecule has 4 aromatic carbocycles. The molecule has 0 aliphatic heterocycles. The van der Waals surface area contributed by atoms with Crippen molar-refractivity contribution in [3.8, 4) is 22.3 Å². The van der Waals surface area contributed by atoms with E-state index in [9.17, 15) is 9.59 Å². The van der Waals surface area contributed by atoms with Gasteiger partial charge in [-0.15, -0.1) is 0 Å². The van der Waals surface area contributed by atoms with Crippen LogP contribution in [0.1, 0.15) is 18.1 Å². The summed E-state index contributed by atoms with van der Waals surface area (Å²) < 4.78 is 4.92. The number of carbonyl (C=O) groups is 2. The molecular weight excluding hydrogens is 424 g/mol. The van der Waals surface area contributed by atoms with Gasteiger partial charge in [0.1, 0.15) is 0 Å². The molecule has 0 heterocycles. The topological polar surface area (TPSA) is 63.6 Å². The van der Waals surface area contributed by atoms with E-state index < -0.39 is 5.97 Å². The van der Waals surface area contributed by atoms with Gasteiger partial charge < -0.3 is 9.84 Å². The molecule has 0 bridgehead atoms. The van der Waals surface area contributed by atoms with E-state index in [0.717, 1.165) is 27.8 Å². The van der Waals surface area contributed by atoms with Crippen LogP contribution >= 0.6 is 0 Å². The summed E-state index contributed by atoms with van der Waals surface area (Å²) in [5.74, 6) is -0.975. The Kier molecular flexibility index (Phi) is 9.18. The Hall–Kier alpha value is -4.18. The van der Waals surface area contributed by atoms with Crippen LogP contribution in [-0.4, -0.2) is 23.7 Å². The first-order valence-electron chi connectivity index (χ1n) is 11.2.